The van der Waals surface area contributed by atoms with Gasteiger partial charge in [0.25, 0.3) is 0 Å². The smallest absolute Gasteiger partial charge is 0.0719 e. The van der Waals surface area contributed by atoms with Crippen LogP contribution in [0.25, 0.3) is 10.9 Å². The molecule has 0 N–H and O–H groups in total. The highest BCUT2D eigenvalue weighted by molar-refractivity contribution is 6.35. The molecule has 0 atom stereocenters. The van der Waals surface area contributed by atoms with Crippen molar-refractivity contribution >= 4 is 22.5 Å². The number of pyridine rings is 1. The minimum atomic E-state index is 0.764. The highest BCUT2D eigenvalue weighted by Crippen LogP contribution is 2.21. The predicted octanol–water partition coefficient (Wildman–Crippen LogP) is 3.20. The number of aryl methyl sites for hydroxylation is 1. The fraction of sp³-hybridized carbons (Fsp3) is 0.100. The second kappa shape index (κ2) is 2.76. The Morgan fingerprint density at radius 2 is 2.08 bits per heavy atom. The van der Waals surface area contributed by atoms with Gasteiger partial charge in [0, 0.05) is 11.6 Å². The third-order valence-electron chi connectivity index (χ3n) is 1.85. The van der Waals surface area contributed by atoms with Gasteiger partial charge in [0.2, 0.25) is 0 Å². The van der Waals surface area contributed by atoms with E-state index in [1.54, 1.807) is 12.3 Å². The molecule has 1 heterocycles. The van der Waals surface area contributed by atoms with Crippen LogP contribution in [0.15, 0.2) is 30.5 Å². The number of benzene rings is 1. The first-order valence-electron chi connectivity index (χ1n) is 3.78. The number of rotatable bonds is 0. The van der Waals surface area contributed by atoms with Crippen molar-refractivity contribution in [3.05, 3.63) is 41.0 Å². The monoisotopic (exact) mass is 177 g/mol. The summed E-state index contributed by atoms with van der Waals surface area (Å²) in [4.78, 5) is 4.22. The highest BCUT2D eigenvalue weighted by Gasteiger charge is 1.97. The van der Waals surface area contributed by atoms with Crippen molar-refractivity contribution < 1.29 is 0 Å². The highest BCUT2D eigenvalue weighted by atomic mass is 35.5. The molecule has 2 rings (SSSR count). The standard InChI is InChI=1S/C10H8ClN/c1-7-2-3-8-9(11)4-5-12-10(8)6-7/h2-6H,1H3. The molecule has 0 saturated carbocycles. The predicted molar refractivity (Wildman–Crippen MR) is 51.5 cm³/mol. The van der Waals surface area contributed by atoms with Crippen molar-refractivity contribution in [2.75, 3.05) is 0 Å². The second-order valence-corrected chi connectivity index (χ2v) is 3.22. The van der Waals surface area contributed by atoms with Gasteiger partial charge in [-0.2, -0.15) is 0 Å². The van der Waals surface area contributed by atoms with Crippen LogP contribution in [0, 0.1) is 6.92 Å². The zero-order valence-electron chi connectivity index (χ0n) is 6.71. The number of fused-ring (bicyclic) bond motifs is 1. The number of hydrogen-bond donors (Lipinski definition) is 0. The average molecular weight is 178 g/mol. The number of halogens is 1. The van der Waals surface area contributed by atoms with Gasteiger partial charge in [-0.3, -0.25) is 4.98 Å². The summed E-state index contributed by atoms with van der Waals surface area (Å²) in [6, 6.07) is 7.87. The van der Waals surface area contributed by atoms with Crippen LogP contribution in [-0.4, -0.2) is 4.98 Å². The molecule has 0 aliphatic carbocycles. The number of aromatic nitrogens is 1. The summed E-state index contributed by atoms with van der Waals surface area (Å²) < 4.78 is 0. The zero-order valence-corrected chi connectivity index (χ0v) is 7.47. The first-order valence-corrected chi connectivity index (χ1v) is 4.16. The van der Waals surface area contributed by atoms with Crippen LogP contribution in [0.4, 0.5) is 0 Å². The normalized spacial score (nSPS) is 10.5. The molecule has 0 aliphatic heterocycles. The van der Waals surface area contributed by atoms with E-state index in [-0.39, 0.29) is 0 Å². The molecule has 2 aromatic rings. The van der Waals surface area contributed by atoms with E-state index in [9.17, 15) is 0 Å². The van der Waals surface area contributed by atoms with Gasteiger partial charge in [-0.1, -0.05) is 23.7 Å². The first kappa shape index (κ1) is 7.56. The summed E-state index contributed by atoms with van der Waals surface area (Å²) in [6.07, 6.45) is 1.73. The lowest BCUT2D eigenvalue weighted by molar-refractivity contribution is 1.39. The molecule has 2 heteroatoms. The molecule has 1 aromatic heterocycles. The molecule has 1 nitrogen and oxygen atoms in total. The lowest BCUT2D eigenvalue weighted by atomic mass is 10.1. The number of hydrogen-bond acceptors (Lipinski definition) is 1. The molecule has 12 heavy (non-hydrogen) atoms. The average Bonchev–Trinajstić information content (AvgIpc) is 2.04. The Kier molecular flexibility index (Phi) is 1.74. The van der Waals surface area contributed by atoms with Crippen LogP contribution in [0.2, 0.25) is 5.02 Å². The summed E-state index contributed by atoms with van der Waals surface area (Å²) in [5, 5.41) is 1.78. The molecular weight excluding hydrogens is 170 g/mol. The van der Waals surface area contributed by atoms with Gasteiger partial charge in [-0.15, -0.1) is 0 Å². The van der Waals surface area contributed by atoms with Gasteiger partial charge in [0.15, 0.2) is 0 Å². The van der Waals surface area contributed by atoms with Crippen molar-refractivity contribution in [1.29, 1.82) is 0 Å². The molecular formula is C10H8ClN. The Balaban J connectivity index is 2.86. The molecule has 0 radical (unpaired) electrons. The van der Waals surface area contributed by atoms with E-state index in [4.69, 9.17) is 11.6 Å². The van der Waals surface area contributed by atoms with E-state index in [0.29, 0.717) is 0 Å². The van der Waals surface area contributed by atoms with E-state index >= 15 is 0 Å². The van der Waals surface area contributed by atoms with E-state index in [1.807, 2.05) is 25.1 Å². The SMILES string of the molecule is Cc1ccc2c(Cl)ccnc2c1. The topological polar surface area (TPSA) is 12.9 Å². The van der Waals surface area contributed by atoms with Crippen LogP contribution in [-0.2, 0) is 0 Å². The molecule has 0 aliphatic rings. The molecule has 1 aromatic carbocycles. The van der Waals surface area contributed by atoms with E-state index in [0.717, 1.165) is 15.9 Å². The molecule has 0 bridgehead atoms. The van der Waals surface area contributed by atoms with Gasteiger partial charge in [-0.25, -0.2) is 0 Å². The Morgan fingerprint density at radius 3 is 2.92 bits per heavy atom. The maximum atomic E-state index is 5.97. The van der Waals surface area contributed by atoms with E-state index in [2.05, 4.69) is 4.98 Å². The second-order valence-electron chi connectivity index (χ2n) is 2.81. The fourth-order valence-electron chi connectivity index (χ4n) is 1.22. The van der Waals surface area contributed by atoms with Crippen molar-refractivity contribution in [1.82, 2.24) is 4.98 Å². The maximum Gasteiger partial charge on any atom is 0.0719 e. The fourth-order valence-corrected chi connectivity index (χ4v) is 1.44. The van der Waals surface area contributed by atoms with Crippen LogP contribution < -0.4 is 0 Å². The Bertz CT molecular complexity index is 423. The Hall–Kier alpha value is -1.08. The van der Waals surface area contributed by atoms with Gasteiger partial charge in [-0.05, 0) is 24.6 Å². The minimum Gasteiger partial charge on any atom is -0.256 e. The van der Waals surface area contributed by atoms with Gasteiger partial charge < -0.3 is 0 Å². The zero-order chi connectivity index (χ0) is 8.55. The summed E-state index contributed by atoms with van der Waals surface area (Å²) in [5.41, 5.74) is 2.17. The van der Waals surface area contributed by atoms with Gasteiger partial charge in [0.05, 0.1) is 10.5 Å². The summed E-state index contributed by atoms with van der Waals surface area (Å²) in [7, 11) is 0. The van der Waals surface area contributed by atoms with Gasteiger partial charge in [0.1, 0.15) is 0 Å². The Labute approximate surface area is 76.0 Å². The number of nitrogens with zero attached hydrogens (tertiary/aromatic N) is 1. The lowest BCUT2D eigenvalue weighted by Gasteiger charge is -1.99. The summed E-state index contributed by atoms with van der Waals surface area (Å²) in [6.45, 7) is 2.04. The third kappa shape index (κ3) is 1.16. The summed E-state index contributed by atoms with van der Waals surface area (Å²) in [5.74, 6) is 0. The van der Waals surface area contributed by atoms with Crippen LogP contribution in [0.1, 0.15) is 5.56 Å². The van der Waals surface area contributed by atoms with Gasteiger partial charge >= 0.3 is 0 Å². The molecule has 0 saturated heterocycles. The van der Waals surface area contributed by atoms with E-state index < -0.39 is 0 Å². The van der Waals surface area contributed by atoms with Crippen LogP contribution in [0.3, 0.4) is 0 Å². The molecule has 0 spiro atoms. The third-order valence-corrected chi connectivity index (χ3v) is 2.17. The van der Waals surface area contributed by atoms with Crippen molar-refractivity contribution in [2.24, 2.45) is 0 Å². The molecule has 60 valence electrons. The van der Waals surface area contributed by atoms with E-state index in [1.165, 1.54) is 5.56 Å². The Morgan fingerprint density at radius 1 is 1.25 bits per heavy atom. The maximum absolute atomic E-state index is 5.97. The molecule has 0 fully saturated rings. The first-order chi connectivity index (χ1) is 5.77. The summed E-state index contributed by atoms with van der Waals surface area (Å²) >= 11 is 5.97. The lowest BCUT2D eigenvalue weighted by Crippen LogP contribution is -1.79. The minimum absolute atomic E-state index is 0.764. The van der Waals surface area contributed by atoms with Crippen molar-refractivity contribution in [2.45, 2.75) is 6.92 Å². The van der Waals surface area contributed by atoms with Crippen molar-refractivity contribution in [3.63, 3.8) is 0 Å². The molecule has 0 unspecified atom stereocenters. The quantitative estimate of drug-likeness (QED) is 0.602. The van der Waals surface area contributed by atoms with Crippen LogP contribution >= 0.6 is 11.6 Å². The molecule has 0 amide bonds. The van der Waals surface area contributed by atoms with Crippen LogP contribution in [0.5, 0.6) is 0 Å². The van der Waals surface area contributed by atoms with Crippen molar-refractivity contribution in [3.8, 4) is 0 Å². The largest absolute Gasteiger partial charge is 0.256 e.